The van der Waals surface area contributed by atoms with E-state index in [-0.39, 0.29) is 22.8 Å². The van der Waals surface area contributed by atoms with Crippen molar-refractivity contribution in [2.24, 2.45) is 0 Å². The summed E-state index contributed by atoms with van der Waals surface area (Å²) in [5, 5.41) is 13.0. The normalized spacial score (nSPS) is 17.5. The zero-order chi connectivity index (χ0) is 24.7. The van der Waals surface area contributed by atoms with Crippen LogP contribution in [0.4, 0.5) is 27.7 Å². The van der Waals surface area contributed by atoms with E-state index >= 15 is 4.39 Å². The number of nitrogens with one attached hydrogen (secondary N) is 3. The molecule has 3 N–H and O–H groups in total. The van der Waals surface area contributed by atoms with Crippen LogP contribution in [0.25, 0.3) is 0 Å². The Morgan fingerprint density at radius 3 is 2.51 bits per heavy atom. The molecule has 2 aromatic heterocycles. The van der Waals surface area contributed by atoms with Crippen molar-refractivity contribution in [1.29, 1.82) is 0 Å². The average molecular weight is 520 g/mol. The smallest absolute Gasteiger partial charge is 0.229 e. The Labute approximate surface area is 208 Å². The van der Waals surface area contributed by atoms with Crippen LogP contribution in [-0.4, -0.2) is 51.2 Å². The van der Waals surface area contributed by atoms with Crippen molar-refractivity contribution in [3.05, 3.63) is 52.1 Å². The molecule has 1 aliphatic carbocycles. The number of aromatic nitrogens is 4. The Hall–Kier alpha value is -2.76. The van der Waals surface area contributed by atoms with Crippen molar-refractivity contribution in [3.63, 3.8) is 0 Å². The van der Waals surface area contributed by atoms with Crippen molar-refractivity contribution in [1.82, 2.24) is 24.5 Å². The first-order valence-electron chi connectivity index (χ1n) is 11.6. The van der Waals surface area contributed by atoms with Gasteiger partial charge in [0, 0.05) is 24.8 Å². The van der Waals surface area contributed by atoms with E-state index in [4.69, 9.17) is 11.6 Å². The van der Waals surface area contributed by atoms with E-state index in [2.05, 4.69) is 30.8 Å². The lowest BCUT2D eigenvalue weighted by molar-refractivity contribution is 0.318. The molecule has 1 saturated heterocycles. The second kappa shape index (κ2) is 9.36. The first-order chi connectivity index (χ1) is 16.7. The number of piperidine rings is 1. The van der Waals surface area contributed by atoms with Crippen LogP contribution in [0.1, 0.15) is 48.4 Å². The van der Waals surface area contributed by atoms with Crippen molar-refractivity contribution >= 4 is 44.9 Å². The van der Waals surface area contributed by atoms with Gasteiger partial charge in [0.2, 0.25) is 16.0 Å². The molecular weight excluding hydrogens is 493 g/mol. The number of sulfonamides is 1. The van der Waals surface area contributed by atoms with Crippen molar-refractivity contribution in [3.8, 4) is 0 Å². The van der Waals surface area contributed by atoms with E-state index in [1.165, 1.54) is 12.3 Å². The standard InChI is InChI=1S/C23H27ClFN7O2S/c1-13-9-20(27-23-26-12-18(24)22(29-23)28-21-10-14(2)30-31-21)19(25)11-17(13)15-5-7-32(8-6-15)35(33,34)16-3-4-16/h9-12,15-16H,3-8H2,1-2H3,(H3,26,27,28,29,30,31). The molecule has 186 valence electrons. The number of halogens is 2. The number of rotatable bonds is 7. The van der Waals surface area contributed by atoms with Gasteiger partial charge >= 0.3 is 0 Å². The minimum atomic E-state index is -3.16. The van der Waals surface area contributed by atoms with Gasteiger partial charge in [-0.25, -0.2) is 22.1 Å². The van der Waals surface area contributed by atoms with Gasteiger partial charge in [0.1, 0.15) is 10.8 Å². The molecule has 0 atom stereocenters. The van der Waals surface area contributed by atoms with Gasteiger partial charge in [0.15, 0.2) is 11.6 Å². The molecular formula is C23H27ClFN7O2S. The van der Waals surface area contributed by atoms with Crippen LogP contribution in [0, 0.1) is 19.7 Å². The van der Waals surface area contributed by atoms with Crippen LogP contribution in [0.15, 0.2) is 24.4 Å². The number of hydrogen-bond donors (Lipinski definition) is 3. The Balaban J connectivity index is 1.29. The van der Waals surface area contributed by atoms with E-state index in [0.29, 0.717) is 42.6 Å². The summed E-state index contributed by atoms with van der Waals surface area (Å²) in [7, 11) is -3.16. The van der Waals surface area contributed by atoms with Crippen LogP contribution in [0.5, 0.6) is 0 Å². The summed E-state index contributed by atoms with van der Waals surface area (Å²) in [5.74, 6) is 0.779. The third-order valence-corrected chi connectivity index (χ3v) is 9.17. The van der Waals surface area contributed by atoms with Gasteiger partial charge < -0.3 is 10.6 Å². The van der Waals surface area contributed by atoms with Crippen LogP contribution < -0.4 is 10.6 Å². The molecule has 5 rings (SSSR count). The molecule has 2 aliphatic rings. The SMILES string of the molecule is Cc1cc(Nc2nc(Nc3cc(C)c(C4CCN(S(=O)(=O)C5CC5)CC4)cc3F)ncc2Cl)n[nH]1. The van der Waals surface area contributed by atoms with Gasteiger partial charge in [0.25, 0.3) is 0 Å². The molecule has 3 heterocycles. The molecule has 1 aromatic carbocycles. The minimum Gasteiger partial charge on any atom is -0.322 e. The molecule has 0 radical (unpaired) electrons. The zero-order valence-corrected chi connectivity index (χ0v) is 21.0. The van der Waals surface area contributed by atoms with Gasteiger partial charge in [-0.1, -0.05) is 11.6 Å². The van der Waals surface area contributed by atoms with Crippen LogP contribution >= 0.6 is 11.6 Å². The monoisotopic (exact) mass is 519 g/mol. The van der Waals surface area contributed by atoms with Gasteiger partial charge in [-0.15, -0.1) is 0 Å². The van der Waals surface area contributed by atoms with E-state index in [9.17, 15) is 8.42 Å². The molecule has 0 amide bonds. The lowest BCUT2D eigenvalue weighted by atomic mass is 9.87. The van der Waals surface area contributed by atoms with Crippen LogP contribution in [0.2, 0.25) is 5.02 Å². The predicted octanol–water partition coefficient (Wildman–Crippen LogP) is 4.77. The quantitative estimate of drug-likeness (QED) is 0.412. The van der Waals surface area contributed by atoms with E-state index in [1.807, 2.05) is 13.8 Å². The predicted molar refractivity (Wildman–Crippen MR) is 134 cm³/mol. The fraction of sp³-hybridized carbons (Fsp3) is 0.435. The van der Waals surface area contributed by atoms with E-state index in [1.54, 1.807) is 16.4 Å². The minimum absolute atomic E-state index is 0.115. The molecule has 3 aromatic rings. The number of benzene rings is 1. The van der Waals surface area contributed by atoms with Gasteiger partial charge in [-0.05, 0) is 68.7 Å². The van der Waals surface area contributed by atoms with Crippen molar-refractivity contribution in [2.75, 3.05) is 23.7 Å². The van der Waals surface area contributed by atoms with Crippen LogP contribution in [0.3, 0.4) is 0 Å². The van der Waals surface area contributed by atoms with Gasteiger partial charge in [-0.2, -0.15) is 10.1 Å². The van der Waals surface area contributed by atoms with E-state index in [0.717, 1.165) is 29.7 Å². The topological polar surface area (TPSA) is 116 Å². The fourth-order valence-electron chi connectivity index (χ4n) is 4.47. The summed E-state index contributed by atoms with van der Waals surface area (Å²) in [5.41, 5.74) is 2.97. The van der Waals surface area contributed by atoms with E-state index < -0.39 is 15.8 Å². The van der Waals surface area contributed by atoms with Crippen molar-refractivity contribution in [2.45, 2.75) is 50.7 Å². The number of H-pyrrole nitrogens is 1. The summed E-state index contributed by atoms with van der Waals surface area (Å²) >= 11 is 6.21. The Bertz CT molecular complexity index is 1350. The highest BCUT2D eigenvalue weighted by Crippen LogP contribution is 2.37. The number of hydrogen-bond acceptors (Lipinski definition) is 7. The lowest BCUT2D eigenvalue weighted by Gasteiger charge is -2.32. The number of anilines is 4. The highest BCUT2D eigenvalue weighted by molar-refractivity contribution is 7.90. The van der Waals surface area contributed by atoms with Crippen LogP contribution in [-0.2, 0) is 10.0 Å². The maximum absolute atomic E-state index is 15.1. The molecule has 0 bridgehead atoms. The fourth-order valence-corrected chi connectivity index (χ4v) is 6.48. The first kappa shape index (κ1) is 24.0. The molecule has 0 spiro atoms. The summed E-state index contributed by atoms with van der Waals surface area (Å²) in [6.45, 7) is 4.77. The summed E-state index contributed by atoms with van der Waals surface area (Å²) in [6, 6.07) is 5.08. The molecule has 1 aliphatic heterocycles. The maximum Gasteiger partial charge on any atom is 0.229 e. The third-order valence-electron chi connectivity index (χ3n) is 6.50. The highest BCUT2D eigenvalue weighted by Gasteiger charge is 2.41. The van der Waals surface area contributed by atoms with Gasteiger partial charge in [0.05, 0.1) is 17.1 Å². The van der Waals surface area contributed by atoms with Crippen molar-refractivity contribution < 1.29 is 12.8 Å². The zero-order valence-electron chi connectivity index (χ0n) is 19.5. The number of nitrogens with zero attached hydrogens (tertiary/aromatic N) is 4. The molecule has 0 unspecified atom stereocenters. The number of aryl methyl sites for hydroxylation is 2. The highest BCUT2D eigenvalue weighted by atomic mass is 35.5. The first-order valence-corrected chi connectivity index (χ1v) is 13.5. The Kier molecular flexibility index (Phi) is 6.41. The molecule has 2 fully saturated rings. The molecule has 1 saturated carbocycles. The second-order valence-electron chi connectivity index (χ2n) is 9.18. The largest absolute Gasteiger partial charge is 0.322 e. The third kappa shape index (κ3) is 5.12. The Morgan fingerprint density at radius 1 is 1.11 bits per heavy atom. The Morgan fingerprint density at radius 2 is 1.86 bits per heavy atom. The molecule has 12 heteroatoms. The summed E-state index contributed by atoms with van der Waals surface area (Å²) in [6.07, 6.45) is 4.32. The molecule has 9 nitrogen and oxygen atoms in total. The summed E-state index contributed by atoms with van der Waals surface area (Å²) < 4.78 is 41.7. The second-order valence-corrected chi connectivity index (χ2v) is 11.8. The maximum atomic E-state index is 15.1. The lowest BCUT2D eigenvalue weighted by Crippen LogP contribution is -2.39. The average Bonchev–Trinajstić information content (AvgIpc) is 3.61. The molecule has 35 heavy (non-hydrogen) atoms. The van der Waals surface area contributed by atoms with Gasteiger partial charge in [-0.3, -0.25) is 5.10 Å². The number of aromatic amines is 1. The summed E-state index contributed by atoms with van der Waals surface area (Å²) in [4.78, 5) is 8.52.